The molecule has 1 N–H and O–H groups in total. The van der Waals surface area contributed by atoms with E-state index in [1.807, 2.05) is 24.7 Å². The van der Waals surface area contributed by atoms with Crippen LogP contribution < -0.4 is 11.0 Å². The van der Waals surface area contributed by atoms with Gasteiger partial charge in [0.15, 0.2) is 0 Å². The van der Waals surface area contributed by atoms with Gasteiger partial charge in [0, 0.05) is 25.5 Å². The minimum absolute atomic E-state index is 0.108. The van der Waals surface area contributed by atoms with Gasteiger partial charge in [-0.25, -0.2) is 4.79 Å². The van der Waals surface area contributed by atoms with Crippen molar-refractivity contribution in [3.8, 4) is 0 Å². The standard InChI is InChI=1S/C10H17N3O/c1-8-7-12(2)10(14)13(8)9-4-3-5-11-6-9/h7,9,11H,3-6H2,1-2H3. The van der Waals surface area contributed by atoms with Crippen LogP contribution in [0.1, 0.15) is 24.6 Å². The summed E-state index contributed by atoms with van der Waals surface area (Å²) in [5.41, 5.74) is 1.17. The Balaban J connectivity index is 2.34. The molecule has 0 saturated carbocycles. The fourth-order valence-corrected chi connectivity index (χ4v) is 2.22. The highest BCUT2D eigenvalue weighted by Crippen LogP contribution is 2.16. The molecule has 4 heteroatoms. The Kier molecular flexibility index (Phi) is 2.46. The molecule has 1 aliphatic heterocycles. The topological polar surface area (TPSA) is 39.0 Å². The summed E-state index contributed by atoms with van der Waals surface area (Å²) in [5, 5.41) is 3.33. The van der Waals surface area contributed by atoms with Crippen molar-refractivity contribution in [3.63, 3.8) is 0 Å². The Bertz CT molecular complexity index is 371. The van der Waals surface area contributed by atoms with Crippen molar-refractivity contribution < 1.29 is 0 Å². The lowest BCUT2D eigenvalue weighted by Crippen LogP contribution is -2.37. The molecule has 1 saturated heterocycles. The summed E-state index contributed by atoms with van der Waals surface area (Å²) in [5.74, 6) is 0. The normalized spacial score (nSPS) is 22.6. The van der Waals surface area contributed by atoms with E-state index in [1.54, 1.807) is 4.57 Å². The quantitative estimate of drug-likeness (QED) is 0.705. The molecule has 4 nitrogen and oxygen atoms in total. The number of piperidine rings is 1. The predicted molar refractivity (Wildman–Crippen MR) is 55.6 cm³/mol. The smallest absolute Gasteiger partial charge is 0.315 e. The number of rotatable bonds is 1. The molecule has 78 valence electrons. The molecule has 14 heavy (non-hydrogen) atoms. The van der Waals surface area contributed by atoms with Gasteiger partial charge in [0.05, 0.1) is 6.04 Å². The molecule has 2 rings (SSSR count). The first-order valence-electron chi connectivity index (χ1n) is 5.15. The second kappa shape index (κ2) is 3.61. The lowest BCUT2D eigenvalue weighted by Gasteiger charge is -2.24. The van der Waals surface area contributed by atoms with Crippen molar-refractivity contribution in [2.75, 3.05) is 13.1 Å². The number of nitrogens with zero attached hydrogens (tertiary/aromatic N) is 2. The number of nitrogens with one attached hydrogen (secondary N) is 1. The van der Waals surface area contributed by atoms with Crippen LogP contribution in [0.3, 0.4) is 0 Å². The molecule has 1 unspecified atom stereocenters. The maximum atomic E-state index is 11.8. The summed E-state index contributed by atoms with van der Waals surface area (Å²) in [6, 6.07) is 0.345. The highest BCUT2D eigenvalue weighted by atomic mass is 16.1. The largest absolute Gasteiger partial charge is 0.328 e. The second-order valence-corrected chi connectivity index (χ2v) is 4.03. The van der Waals surface area contributed by atoms with Gasteiger partial charge in [0.25, 0.3) is 0 Å². The third-order valence-corrected chi connectivity index (χ3v) is 2.90. The van der Waals surface area contributed by atoms with E-state index < -0.39 is 0 Å². The summed E-state index contributed by atoms with van der Waals surface area (Å²) in [6.07, 6.45) is 4.17. The van der Waals surface area contributed by atoms with Crippen molar-refractivity contribution in [2.45, 2.75) is 25.8 Å². The van der Waals surface area contributed by atoms with E-state index in [9.17, 15) is 4.79 Å². The summed E-state index contributed by atoms with van der Waals surface area (Å²) in [4.78, 5) is 11.8. The molecule has 0 amide bonds. The Hall–Kier alpha value is -1.03. The van der Waals surface area contributed by atoms with Gasteiger partial charge in [-0.3, -0.25) is 4.57 Å². The van der Waals surface area contributed by atoms with E-state index in [-0.39, 0.29) is 5.69 Å². The summed E-state index contributed by atoms with van der Waals surface area (Å²) in [7, 11) is 1.81. The fraction of sp³-hybridized carbons (Fsp3) is 0.700. The van der Waals surface area contributed by atoms with Crippen molar-refractivity contribution in [1.29, 1.82) is 0 Å². The zero-order valence-electron chi connectivity index (χ0n) is 8.79. The molecule has 0 bridgehead atoms. The first-order chi connectivity index (χ1) is 6.70. The molecule has 0 aromatic carbocycles. The molecule has 1 fully saturated rings. The lowest BCUT2D eigenvalue weighted by atomic mass is 10.1. The van der Waals surface area contributed by atoms with Crippen LogP contribution in [-0.2, 0) is 7.05 Å². The van der Waals surface area contributed by atoms with E-state index in [4.69, 9.17) is 0 Å². The van der Waals surface area contributed by atoms with E-state index in [0.29, 0.717) is 6.04 Å². The molecule has 2 heterocycles. The van der Waals surface area contributed by atoms with Gasteiger partial charge in [-0.2, -0.15) is 0 Å². The van der Waals surface area contributed by atoms with Crippen LogP contribution in [0.2, 0.25) is 0 Å². The SMILES string of the molecule is Cc1cn(C)c(=O)n1C1CCCNC1. The van der Waals surface area contributed by atoms with E-state index in [2.05, 4.69) is 5.32 Å². The maximum Gasteiger partial charge on any atom is 0.328 e. The number of hydrogen-bond donors (Lipinski definition) is 1. The van der Waals surface area contributed by atoms with E-state index >= 15 is 0 Å². The van der Waals surface area contributed by atoms with Crippen molar-refractivity contribution in [2.24, 2.45) is 7.05 Å². The molecule has 1 aromatic rings. The van der Waals surface area contributed by atoms with Gasteiger partial charge >= 0.3 is 5.69 Å². The summed E-state index contributed by atoms with van der Waals surface area (Å²) in [6.45, 7) is 4.00. The van der Waals surface area contributed by atoms with Gasteiger partial charge in [0.1, 0.15) is 0 Å². The number of imidazole rings is 1. The van der Waals surface area contributed by atoms with Gasteiger partial charge < -0.3 is 9.88 Å². The summed E-state index contributed by atoms with van der Waals surface area (Å²) >= 11 is 0. The van der Waals surface area contributed by atoms with Crippen molar-refractivity contribution in [3.05, 3.63) is 22.4 Å². The van der Waals surface area contributed by atoms with Crippen LogP contribution in [0.5, 0.6) is 0 Å². The van der Waals surface area contributed by atoms with Crippen LogP contribution in [0.15, 0.2) is 11.0 Å². The highest BCUT2D eigenvalue weighted by Gasteiger charge is 2.18. The Morgan fingerprint density at radius 2 is 2.36 bits per heavy atom. The monoisotopic (exact) mass is 195 g/mol. The Morgan fingerprint density at radius 3 is 2.86 bits per heavy atom. The molecular weight excluding hydrogens is 178 g/mol. The fourth-order valence-electron chi connectivity index (χ4n) is 2.22. The molecule has 0 spiro atoms. The summed E-state index contributed by atoms with van der Waals surface area (Å²) < 4.78 is 3.57. The number of aryl methyl sites for hydroxylation is 2. The third kappa shape index (κ3) is 1.50. The Morgan fingerprint density at radius 1 is 1.57 bits per heavy atom. The molecular formula is C10H17N3O. The van der Waals surface area contributed by atoms with Crippen LogP contribution in [0.4, 0.5) is 0 Å². The minimum atomic E-state index is 0.108. The Labute approximate surface area is 83.5 Å². The van der Waals surface area contributed by atoms with Crippen molar-refractivity contribution in [1.82, 2.24) is 14.5 Å². The molecule has 1 aliphatic rings. The van der Waals surface area contributed by atoms with Gasteiger partial charge in [-0.15, -0.1) is 0 Å². The maximum absolute atomic E-state index is 11.8. The average Bonchev–Trinajstić information content (AvgIpc) is 2.43. The predicted octanol–water partition coefficient (Wildman–Crippen LogP) is 0.420. The van der Waals surface area contributed by atoms with Gasteiger partial charge in [-0.05, 0) is 26.3 Å². The van der Waals surface area contributed by atoms with Gasteiger partial charge in [0.2, 0.25) is 0 Å². The first kappa shape index (κ1) is 9.52. The van der Waals surface area contributed by atoms with Crippen LogP contribution in [0.25, 0.3) is 0 Å². The molecule has 0 radical (unpaired) electrons. The third-order valence-electron chi connectivity index (χ3n) is 2.90. The molecule has 1 atom stereocenters. The number of hydrogen-bond acceptors (Lipinski definition) is 2. The van der Waals surface area contributed by atoms with Crippen molar-refractivity contribution >= 4 is 0 Å². The van der Waals surface area contributed by atoms with Gasteiger partial charge in [-0.1, -0.05) is 0 Å². The zero-order chi connectivity index (χ0) is 10.1. The molecule has 0 aliphatic carbocycles. The zero-order valence-corrected chi connectivity index (χ0v) is 8.79. The van der Waals surface area contributed by atoms with Crippen LogP contribution >= 0.6 is 0 Å². The number of aromatic nitrogens is 2. The second-order valence-electron chi connectivity index (χ2n) is 4.03. The average molecular weight is 195 g/mol. The first-order valence-corrected chi connectivity index (χ1v) is 5.15. The van der Waals surface area contributed by atoms with Crippen LogP contribution in [0, 0.1) is 6.92 Å². The highest BCUT2D eigenvalue weighted by molar-refractivity contribution is 5.00. The van der Waals surface area contributed by atoms with Crippen LogP contribution in [-0.4, -0.2) is 22.2 Å². The molecule has 1 aromatic heterocycles. The minimum Gasteiger partial charge on any atom is -0.315 e. The lowest BCUT2D eigenvalue weighted by molar-refractivity contribution is 0.358. The van der Waals surface area contributed by atoms with E-state index in [0.717, 1.165) is 31.6 Å². The van der Waals surface area contributed by atoms with E-state index in [1.165, 1.54) is 0 Å².